The number of aromatic nitrogens is 4. The summed E-state index contributed by atoms with van der Waals surface area (Å²) in [5.74, 6) is 1.53. The molecular weight excluding hydrogens is 422 g/mol. The minimum Gasteiger partial charge on any atom is -0.419 e. The normalized spacial score (nSPS) is 15.7. The molecule has 2 N–H and O–H groups in total. The lowest BCUT2D eigenvalue weighted by Gasteiger charge is -2.23. The molecule has 0 unspecified atom stereocenters. The van der Waals surface area contributed by atoms with Gasteiger partial charge in [-0.1, -0.05) is 38.1 Å². The third-order valence-corrected chi connectivity index (χ3v) is 6.67. The zero-order valence-corrected chi connectivity index (χ0v) is 19.6. The van der Waals surface area contributed by atoms with Gasteiger partial charge in [0, 0.05) is 40.5 Å². The van der Waals surface area contributed by atoms with Crippen LogP contribution in [0.1, 0.15) is 54.1 Å². The fraction of sp³-hybridized carbons (Fsp3) is 0.250. The van der Waals surface area contributed by atoms with Gasteiger partial charge in [-0.2, -0.15) is 0 Å². The van der Waals surface area contributed by atoms with Crippen molar-refractivity contribution in [2.75, 3.05) is 0 Å². The Morgan fingerprint density at radius 2 is 1.82 bits per heavy atom. The molecule has 6 nitrogen and oxygen atoms in total. The first kappa shape index (κ1) is 20.8. The first-order valence-electron chi connectivity index (χ1n) is 11.8. The third kappa shape index (κ3) is 3.60. The molecule has 0 bridgehead atoms. The summed E-state index contributed by atoms with van der Waals surface area (Å²) in [6.07, 6.45) is 2.71. The lowest BCUT2D eigenvalue weighted by molar-refractivity contribution is 0.386. The van der Waals surface area contributed by atoms with Crippen LogP contribution in [0.4, 0.5) is 0 Å². The molecule has 4 heterocycles. The summed E-state index contributed by atoms with van der Waals surface area (Å²) >= 11 is 0. The lowest BCUT2D eigenvalue weighted by atomic mass is 9.95. The van der Waals surface area contributed by atoms with Crippen LogP contribution in [-0.4, -0.2) is 20.2 Å². The number of aryl methyl sites for hydroxylation is 1. The Bertz CT molecular complexity index is 1500. The molecule has 0 saturated carbocycles. The van der Waals surface area contributed by atoms with Gasteiger partial charge in [-0.3, -0.25) is 4.98 Å². The Morgan fingerprint density at radius 3 is 2.65 bits per heavy atom. The van der Waals surface area contributed by atoms with E-state index in [1.165, 1.54) is 22.1 Å². The lowest BCUT2D eigenvalue weighted by Crippen LogP contribution is -2.28. The van der Waals surface area contributed by atoms with Gasteiger partial charge in [-0.25, -0.2) is 0 Å². The third-order valence-electron chi connectivity index (χ3n) is 6.67. The molecule has 1 aliphatic rings. The number of rotatable bonds is 4. The Kier molecular flexibility index (Phi) is 5.03. The van der Waals surface area contributed by atoms with Crippen molar-refractivity contribution >= 4 is 10.9 Å². The largest absolute Gasteiger partial charge is 0.419 e. The van der Waals surface area contributed by atoms with Crippen LogP contribution >= 0.6 is 0 Å². The zero-order chi connectivity index (χ0) is 23.2. The van der Waals surface area contributed by atoms with E-state index in [0.29, 0.717) is 17.7 Å². The van der Waals surface area contributed by atoms with Gasteiger partial charge in [0.25, 0.3) is 0 Å². The molecule has 0 aliphatic carbocycles. The van der Waals surface area contributed by atoms with E-state index in [-0.39, 0.29) is 6.04 Å². The number of hydrogen-bond donors (Lipinski definition) is 2. The summed E-state index contributed by atoms with van der Waals surface area (Å²) in [4.78, 5) is 7.98. The maximum Gasteiger partial charge on any atom is 0.247 e. The minimum absolute atomic E-state index is 0.0277. The van der Waals surface area contributed by atoms with Gasteiger partial charge >= 0.3 is 0 Å². The van der Waals surface area contributed by atoms with E-state index in [1.54, 1.807) is 0 Å². The van der Waals surface area contributed by atoms with Crippen molar-refractivity contribution < 1.29 is 4.42 Å². The van der Waals surface area contributed by atoms with Crippen LogP contribution in [0.5, 0.6) is 0 Å². The van der Waals surface area contributed by atoms with Crippen molar-refractivity contribution in [2.45, 2.75) is 45.7 Å². The second kappa shape index (κ2) is 8.22. The molecule has 0 radical (unpaired) electrons. The SMILES string of the molecule is Cc1cc(-c2[nH]c3ccc(-c4nnc([C@H]5Cc6ccccc6CN5)o4)cc3c2C(C)C)ccn1. The maximum absolute atomic E-state index is 6.18. The first-order valence-corrected chi connectivity index (χ1v) is 11.8. The molecule has 0 spiro atoms. The number of pyridine rings is 1. The molecule has 0 saturated heterocycles. The van der Waals surface area contributed by atoms with Gasteiger partial charge in [0.15, 0.2) is 0 Å². The van der Waals surface area contributed by atoms with Crippen LogP contribution in [0.3, 0.4) is 0 Å². The molecule has 1 atom stereocenters. The van der Waals surface area contributed by atoms with Crippen LogP contribution in [0.15, 0.2) is 65.2 Å². The summed E-state index contributed by atoms with van der Waals surface area (Å²) in [6, 6.07) is 19.0. The molecule has 170 valence electrons. The highest BCUT2D eigenvalue weighted by molar-refractivity contribution is 5.93. The highest BCUT2D eigenvalue weighted by atomic mass is 16.4. The molecule has 2 aromatic carbocycles. The van der Waals surface area contributed by atoms with Crippen LogP contribution in [-0.2, 0) is 13.0 Å². The summed E-state index contributed by atoms with van der Waals surface area (Å²) in [5, 5.41) is 13.5. The van der Waals surface area contributed by atoms with Gasteiger partial charge in [0.05, 0.1) is 11.7 Å². The number of benzene rings is 2. The van der Waals surface area contributed by atoms with Gasteiger partial charge < -0.3 is 14.7 Å². The molecule has 5 aromatic rings. The minimum atomic E-state index is 0.0277. The Balaban J connectivity index is 1.36. The average molecular weight is 450 g/mol. The van der Waals surface area contributed by atoms with Crippen molar-refractivity contribution in [3.8, 4) is 22.7 Å². The quantitative estimate of drug-likeness (QED) is 0.347. The number of fused-ring (bicyclic) bond motifs is 2. The van der Waals surface area contributed by atoms with E-state index in [0.717, 1.165) is 41.0 Å². The van der Waals surface area contributed by atoms with Crippen LogP contribution in [0, 0.1) is 6.92 Å². The Hall–Kier alpha value is -3.77. The molecule has 6 heteroatoms. The molecule has 6 rings (SSSR count). The Labute approximate surface area is 198 Å². The second-order valence-electron chi connectivity index (χ2n) is 9.37. The summed E-state index contributed by atoms with van der Waals surface area (Å²) in [7, 11) is 0. The second-order valence-corrected chi connectivity index (χ2v) is 9.37. The average Bonchev–Trinajstić information content (AvgIpc) is 3.49. The van der Waals surface area contributed by atoms with E-state index in [2.05, 4.69) is 87.9 Å². The fourth-order valence-corrected chi connectivity index (χ4v) is 5.00. The van der Waals surface area contributed by atoms with Crippen molar-refractivity contribution in [1.29, 1.82) is 0 Å². The molecule has 1 aliphatic heterocycles. The highest BCUT2D eigenvalue weighted by Gasteiger charge is 2.25. The number of H-pyrrole nitrogens is 1. The van der Waals surface area contributed by atoms with Gasteiger partial charge in [0.2, 0.25) is 11.8 Å². The van der Waals surface area contributed by atoms with E-state index in [1.807, 2.05) is 19.2 Å². The summed E-state index contributed by atoms with van der Waals surface area (Å²) < 4.78 is 6.18. The van der Waals surface area contributed by atoms with E-state index in [4.69, 9.17) is 4.42 Å². The van der Waals surface area contributed by atoms with Crippen LogP contribution < -0.4 is 5.32 Å². The van der Waals surface area contributed by atoms with Gasteiger partial charge in [-0.05, 0) is 66.3 Å². The molecule has 0 fully saturated rings. The fourth-order valence-electron chi connectivity index (χ4n) is 5.00. The smallest absolute Gasteiger partial charge is 0.247 e. The standard InChI is InChI=1S/C28H27N5O/c1-16(2)25-22-13-20(8-9-23(22)31-26(25)19-10-11-29-17(3)12-19)27-32-33-28(34-27)24-14-18-6-4-5-7-21(18)15-30-24/h4-13,16,24,30-31H,14-15H2,1-3H3/t24-/m1/s1. The Morgan fingerprint density at radius 1 is 0.971 bits per heavy atom. The predicted octanol–water partition coefficient (Wildman–Crippen LogP) is 6.10. The number of nitrogens with one attached hydrogen (secondary N) is 2. The summed E-state index contributed by atoms with van der Waals surface area (Å²) in [6.45, 7) is 7.28. The molecular formula is C28H27N5O. The molecule has 34 heavy (non-hydrogen) atoms. The number of hydrogen-bond acceptors (Lipinski definition) is 5. The summed E-state index contributed by atoms with van der Waals surface area (Å²) in [5.41, 5.74) is 9.28. The highest BCUT2D eigenvalue weighted by Crippen LogP contribution is 2.37. The van der Waals surface area contributed by atoms with E-state index < -0.39 is 0 Å². The van der Waals surface area contributed by atoms with Crippen LogP contribution in [0.25, 0.3) is 33.6 Å². The zero-order valence-electron chi connectivity index (χ0n) is 19.6. The maximum atomic E-state index is 6.18. The number of aromatic amines is 1. The molecule has 0 amide bonds. The first-order chi connectivity index (χ1) is 16.6. The van der Waals surface area contributed by atoms with E-state index in [9.17, 15) is 0 Å². The van der Waals surface area contributed by atoms with Crippen LogP contribution in [0.2, 0.25) is 0 Å². The van der Waals surface area contributed by atoms with Crippen molar-refractivity contribution in [3.05, 3.63) is 89.1 Å². The van der Waals surface area contributed by atoms with Crippen molar-refractivity contribution in [2.24, 2.45) is 0 Å². The van der Waals surface area contributed by atoms with E-state index >= 15 is 0 Å². The van der Waals surface area contributed by atoms with Gasteiger partial charge in [-0.15, -0.1) is 10.2 Å². The topological polar surface area (TPSA) is 79.6 Å². The van der Waals surface area contributed by atoms with Crippen molar-refractivity contribution in [1.82, 2.24) is 25.5 Å². The van der Waals surface area contributed by atoms with Crippen molar-refractivity contribution in [3.63, 3.8) is 0 Å². The van der Waals surface area contributed by atoms with Gasteiger partial charge in [0.1, 0.15) is 0 Å². The monoisotopic (exact) mass is 449 g/mol. The predicted molar refractivity (Wildman–Crippen MR) is 133 cm³/mol. The number of nitrogens with zero attached hydrogens (tertiary/aromatic N) is 3. The molecule has 3 aromatic heterocycles.